The Morgan fingerprint density at radius 1 is 0.920 bits per heavy atom. The van der Waals surface area contributed by atoms with E-state index in [0.29, 0.717) is 44.7 Å². The Bertz CT molecular complexity index is 840. The van der Waals surface area contributed by atoms with Crippen molar-refractivity contribution in [1.82, 2.24) is 0 Å². The molecule has 0 radical (unpaired) electrons. The first-order valence-corrected chi connectivity index (χ1v) is 7.71. The zero-order valence-electron chi connectivity index (χ0n) is 14.4. The third kappa shape index (κ3) is 3.98. The summed E-state index contributed by atoms with van der Waals surface area (Å²) < 4.78 is 21.0. The van der Waals surface area contributed by atoms with Crippen molar-refractivity contribution < 1.29 is 18.9 Å². The van der Waals surface area contributed by atoms with Crippen LogP contribution < -0.4 is 18.9 Å². The minimum Gasteiger partial charge on any atom is -0.493 e. The van der Waals surface area contributed by atoms with E-state index < -0.39 is 0 Å². The number of hydrogen-bond acceptors (Lipinski definition) is 5. The quantitative estimate of drug-likeness (QED) is 0.563. The van der Waals surface area contributed by atoms with Crippen LogP contribution in [-0.4, -0.2) is 28.4 Å². The van der Waals surface area contributed by atoms with E-state index in [9.17, 15) is 5.26 Å². The first kappa shape index (κ1) is 18.5. The van der Waals surface area contributed by atoms with Crippen molar-refractivity contribution in [3.8, 4) is 29.1 Å². The van der Waals surface area contributed by atoms with E-state index in [2.05, 4.69) is 6.07 Å². The van der Waals surface area contributed by atoms with Crippen LogP contribution in [0.5, 0.6) is 23.0 Å². The molecule has 0 bridgehead atoms. The first-order chi connectivity index (χ1) is 12.1. The molecule has 0 heterocycles. The summed E-state index contributed by atoms with van der Waals surface area (Å²) in [4.78, 5) is 0. The van der Waals surface area contributed by atoms with E-state index in [0.717, 1.165) is 0 Å². The Morgan fingerprint density at radius 2 is 1.60 bits per heavy atom. The van der Waals surface area contributed by atoms with Gasteiger partial charge in [-0.1, -0.05) is 11.6 Å². The van der Waals surface area contributed by atoms with Crippen LogP contribution in [0.4, 0.5) is 0 Å². The summed E-state index contributed by atoms with van der Waals surface area (Å²) in [6.07, 6.45) is 1.72. The minimum atomic E-state index is 0.401. The fourth-order valence-electron chi connectivity index (χ4n) is 2.37. The number of allylic oxidation sites excluding steroid dienone is 1. The molecule has 2 aromatic rings. The van der Waals surface area contributed by atoms with Crippen molar-refractivity contribution in [3.63, 3.8) is 0 Å². The predicted octanol–water partition coefficient (Wildman–Crippen LogP) is 4.44. The molecule has 0 saturated heterocycles. The van der Waals surface area contributed by atoms with Crippen molar-refractivity contribution in [2.45, 2.75) is 0 Å². The van der Waals surface area contributed by atoms with Crippen LogP contribution in [0.2, 0.25) is 5.02 Å². The van der Waals surface area contributed by atoms with Gasteiger partial charge in [0.1, 0.15) is 0 Å². The maximum absolute atomic E-state index is 9.55. The number of nitrogens with zero attached hydrogens (tertiary/aromatic N) is 1. The molecule has 6 heteroatoms. The molecule has 0 saturated carbocycles. The molecule has 0 spiro atoms. The molecule has 0 aromatic heterocycles. The highest BCUT2D eigenvalue weighted by Gasteiger charge is 2.12. The largest absolute Gasteiger partial charge is 0.493 e. The van der Waals surface area contributed by atoms with E-state index in [4.69, 9.17) is 30.5 Å². The highest BCUT2D eigenvalue weighted by atomic mass is 35.5. The lowest BCUT2D eigenvalue weighted by Crippen LogP contribution is -1.93. The van der Waals surface area contributed by atoms with Gasteiger partial charge in [-0.25, -0.2) is 0 Å². The zero-order valence-corrected chi connectivity index (χ0v) is 15.2. The maximum atomic E-state index is 9.55. The minimum absolute atomic E-state index is 0.401. The Hall–Kier alpha value is -2.84. The Kier molecular flexibility index (Phi) is 6.15. The van der Waals surface area contributed by atoms with Gasteiger partial charge >= 0.3 is 0 Å². The SMILES string of the molecule is COc1ccc(/C(C#N)=C/c2cc(Cl)c(OC)c(OC)c2)cc1OC. The lowest BCUT2D eigenvalue weighted by Gasteiger charge is -2.11. The first-order valence-electron chi connectivity index (χ1n) is 7.33. The lowest BCUT2D eigenvalue weighted by atomic mass is 10.0. The van der Waals surface area contributed by atoms with Gasteiger partial charge in [-0.2, -0.15) is 5.26 Å². The number of halogens is 1. The Morgan fingerprint density at radius 3 is 2.16 bits per heavy atom. The van der Waals surface area contributed by atoms with E-state index in [1.807, 2.05) is 0 Å². The van der Waals surface area contributed by atoms with Gasteiger partial charge in [0.2, 0.25) is 0 Å². The molecular weight excluding hydrogens is 342 g/mol. The number of ether oxygens (including phenoxy) is 4. The molecule has 0 aliphatic carbocycles. The molecule has 0 atom stereocenters. The van der Waals surface area contributed by atoms with E-state index in [1.165, 1.54) is 14.2 Å². The normalized spacial score (nSPS) is 10.8. The highest BCUT2D eigenvalue weighted by molar-refractivity contribution is 6.32. The van der Waals surface area contributed by atoms with Crippen LogP contribution in [-0.2, 0) is 0 Å². The maximum Gasteiger partial charge on any atom is 0.179 e. The van der Waals surface area contributed by atoms with Crippen LogP contribution >= 0.6 is 11.6 Å². The zero-order chi connectivity index (χ0) is 18.4. The molecule has 0 fully saturated rings. The number of rotatable bonds is 6. The third-order valence-corrected chi connectivity index (χ3v) is 3.86. The molecule has 2 rings (SSSR count). The second kappa shape index (κ2) is 8.32. The number of benzene rings is 2. The second-order valence-corrected chi connectivity index (χ2v) is 5.39. The standard InChI is InChI=1S/C19H18ClNO4/c1-22-16-6-5-13(10-17(16)23-2)14(11-21)7-12-8-15(20)19(25-4)18(9-12)24-3/h5-10H,1-4H3/b14-7+. The van der Waals surface area contributed by atoms with E-state index >= 15 is 0 Å². The average molecular weight is 360 g/mol. The molecule has 0 aliphatic heterocycles. The Labute approximate surface area is 152 Å². The van der Waals surface area contributed by atoms with Gasteiger partial charge in [-0.15, -0.1) is 0 Å². The molecule has 130 valence electrons. The van der Waals surface area contributed by atoms with Crippen molar-refractivity contribution in [2.75, 3.05) is 28.4 Å². The third-order valence-electron chi connectivity index (χ3n) is 3.58. The van der Waals surface area contributed by atoms with Crippen LogP contribution in [0.3, 0.4) is 0 Å². The van der Waals surface area contributed by atoms with Crippen LogP contribution in [0, 0.1) is 11.3 Å². The number of hydrogen-bond donors (Lipinski definition) is 0. The summed E-state index contributed by atoms with van der Waals surface area (Å²) in [6, 6.07) is 10.9. The summed E-state index contributed by atoms with van der Waals surface area (Å²) in [7, 11) is 6.15. The molecule has 5 nitrogen and oxygen atoms in total. The smallest absolute Gasteiger partial charge is 0.179 e. The molecule has 25 heavy (non-hydrogen) atoms. The van der Waals surface area contributed by atoms with Crippen molar-refractivity contribution >= 4 is 23.3 Å². The number of nitriles is 1. The van der Waals surface area contributed by atoms with Crippen molar-refractivity contribution in [3.05, 3.63) is 46.5 Å². The van der Waals surface area contributed by atoms with Gasteiger partial charge in [0.15, 0.2) is 23.0 Å². The summed E-state index contributed by atoms with van der Waals surface area (Å²) in [5.74, 6) is 2.08. The molecule has 0 aliphatic rings. The van der Waals surface area contributed by atoms with Crippen molar-refractivity contribution in [1.29, 1.82) is 5.26 Å². The summed E-state index contributed by atoms with van der Waals surface area (Å²) in [5.41, 5.74) is 1.87. The molecule has 0 amide bonds. The fourth-order valence-corrected chi connectivity index (χ4v) is 2.67. The van der Waals surface area contributed by atoms with Gasteiger partial charge in [-0.3, -0.25) is 0 Å². The van der Waals surface area contributed by atoms with E-state index in [-0.39, 0.29) is 0 Å². The van der Waals surface area contributed by atoms with E-state index in [1.54, 1.807) is 50.6 Å². The highest BCUT2D eigenvalue weighted by Crippen LogP contribution is 2.37. The summed E-state index contributed by atoms with van der Waals surface area (Å²) in [5, 5.41) is 9.95. The lowest BCUT2D eigenvalue weighted by molar-refractivity contribution is 0.355. The van der Waals surface area contributed by atoms with Gasteiger partial charge in [0, 0.05) is 0 Å². The predicted molar refractivity (Wildman–Crippen MR) is 97.6 cm³/mol. The van der Waals surface area contributed by atoms with Crippen LogP contribution in [0.15, 0.2) is 30.3 Å². The van der Waals surface area contributed by atoms with Gasteiger partial charge in [0.05, 0.1) is 45.1 Å². The van der Waals surface area contributed by atoms with Gasteiger partial charge in [0.25, 0.3) is 0 Å². The van der Waals surface area contributed by atoms with Gasteiger partial charge < -0.3 is 18.9 Å². The van der Waals surface area contributed by atoms with Gasteiger partial charge in [-0.05, 0) is 47.5 Å². The summed E-state index contributed by atoms with van der Waals surface area (Å²) in [6.45, 7) is 0. The average Bonchev–Trinajstić information content (AvgIpc) is 2.64. The fraction of sp³-hybridized carbons (Fsp3) is 0.211. The second-order valence-electron chi connectivity index (χ2n) is 4.98. The molecule has 0 N–H and O–H groups in total. The topological polar surface area (TPSA) is 60.7 Å². The molecule has 2 aromatic carbocycles. The van der Waals surface area contributed by atoms with Crippen LogP contribution in [0.25, 0.3) is 11.6 Å². The van der Waals surface area contributed by atoms with Crippen LogP contribution in [0.1, 0.15) is 11.1 Å². The molecular formula is C19H18ClNO4. The number of methoxy groups -OCH3 is 4. The summed E-state index contributed by atoms with van der Waals surface area (Å²) >= 11 is 6.22. The monoisotopic (exact) mass is 359 g/mol. The molecule has 0 unspecified atom stereocenters. The Balaban J connectivity index is 2.51. The van der Waals surface area contributed by atoms with Crippen molar-refractivity contribution in [2.24, 2.45) is 0 Å².